The third-order valence-corrected chi connectivity index (χ3v) is 5.37. The molecule has 0 radical (unpaired) electrons. The van der Waals surface area contributed by atoms with Gasteiger partial charge in [-0.25, -0.2) is 22.3 Å². The highest BCUT2D eigenvalue weighted by atomic mass is 32.2. The molecule has 0 saturated carbocycles. The van der Waals surface area contributed by atoms with E-state index in [1.807, 2.05) is 0 Å². The van der Waals surface area contributed by atoms with Gasteiger partial charge < -0.3 is 10.1 Å². The lowest BCUT2D eigenvalue weighted by Crippen LogP contribution is -2.32. The van der Waals surface area contributed by atoms with Gasteiger partial charge in [0.15, 0.2) is 9.84 Å². The molecule has 0 aliphatic rings. The number of nitrogens with zero attached hydrogens (tertiary/aromatic N) is 2. The monoisotopic (exact) mass is 445 g/mol. The molecule has 164 valence electrons. The molecule has 0 unspecified atom stereocenters. The molecule has 7 nitrogen and oxygen atoms in total. The number of carbonyl (C=O) groups excluding carboxylic acids is 1. The summed E-state index contributed by atoms with van der Waals surface area (Å²) < 4.78 is 44.1. The normalized spacial score (nSPS) is 11.9. The molecule has 2 aromatic carbocycles. The minimum Gasteiger partial charge on any atom is -0.444 e. The molecule has 0 spiro atoms. The first-order chi connectivity index (χ1) is 14.4. The Morgan fingerprint density at radius 1 is 1.13 bits per heavy atom. The molecule has 1 aromatic heterocycles. The van der Waals surface area contributed by atoms with Crippen LogP contribution >= 0.6 is 0 Å². The van der Waals surface area contributed by atoms with E-state index in [2.05, 4.69) is 10.4 Å². The van der Waals surface area contributed by atoms with E-state index in [1.165, 1.54) is 24.3 Å². The largest absolute Gasteiger partial charge is 0.444 e. The smallest absolute Gasteiger partial charge is 0.407 e. The molecular formula is C22H24FN3O4S. The molecule has 0 aliphatic heterocycles. The van der Waals surface area contributed by atoms with Crippen LogP contribution in [-0.4, -0.2) is 36.1 Å². The fraction of sp³-hybridized carbons (Fsp3) is 0.273. The van der Waals surface area contributed by atoms with Crippen molar-refractivity contribution in [2.45, 2.75) is 37.8 Å². The van der Waals surface area contributed by atoms with Crippen LogP contribution in [0.15, 0.2) is 59.8 Å². The summed E-state index contributed by atoms with van der Waals surface area (Å²) in [5.74, 6) is -0.441. The summed E-state index contributed by atoms with van der Waals surface area (Å²) in [5.41, 5.74) is 1.89. The van der Waals surface area contributed by atoms with Gasteiger partial charge in [0, 0.05) is 24.6 Å². The molecule has 3 rings (SSSR count). The molecule has 1 heterocycles. The molecule has 0 bridgehead atoms. The average molecular weight is 446 g/mol. The first-order valence-electron chi connectivity index (χ1n) is 9.52. The van der Waals surface area contributed by atoms with Crippen molar-refractivity contribution in [3.63, 3.8) is 0 Å². The van der Waals surface area contributed by atoms with Gasteiger partial charge in [0.2, 0.25) is 0 Å². The second-order valence-electron chi connectivity index (χ2n) is 8.14. The Balaban J connectivity index is 1.78. The minimum atomic E-state index is -3.28. The Kier molecular flexibility index (Phi) is 6.17. The van der Waals surface area contributed by atoms with E-state index in [-0.39, 0.29) is 11.4 Å². The number of hydrogen-bond donors (Lipinski definition) is 1. The first-order valence-corrected chi connectivity index (χ1v) is 11.4. The number of aromatic nitrogens is 2. The number of sulfone groups is 1. The molecule has 0 fully saturated rings. The van der Waals surface area contributed by atoms with Gasteiger partial charge in [0.1, 0.15) is 11.4 Å². The van der Waals surface area contributed by atoms with E-state index in [9.17, 15) is 17.6 Å². The number of hydrogen-bond acceptors (Lipinski definition) is 5. The van der Waals surface area contributed by atoms with E-state index in [4.69, 9.17) is 4.74 Å². The maximum absolute atomic E-state index is 14.2. The van der Waals surface area contributed by atoms with Crippen molar-refractivity contribution < 1.29 is 22.3 Å². The van der Waals surface area contributed by atoms with E-state index in [0.717, 1.165) is 6.26 Å². The fourth-order valence-corrected chi connectivity index (χ4v) is 3.50. The number of alkyl carbamates (subject to hydrolysis) is 1. The number of benzene rings is 2. The van der Waals surface area contributed by atoms with Gasteiger partial charge in [0.25, 0.3) is 0 Å². The number of halogens is 1. The van der Waals surface area contributed by atoms with Gasteiger partial charge in [-0.1, -0.05) is 0 Å². The average Bonchev–Trinajstić information content (AvgIpc) is 3.14. The van der Waals surface area contributed by atoms with Gasteiger partial charge in [-0.15, -0.1) is 0 Å². The van der Waals surface area contributed by atoms with Crippen LogP contribution < -0.4 is 5.32 Å². The van der Waals surface area contributed by atoms with Crippen LogP contribution in [-0.2, 0) is 21.1 Å². The molecular weight excluding hydrogens is 421 g/mol. The topological polar surface area (TPSA) is 90.3 Å². The summed E-state index contributed by atoms with van der Waals surface area (Å²) in [6.45, 7) is 5.40. The van der Waals surface area contributed by atoms with Crippen LogP contribution in [0.25, 0.3) is 16.8 Å². The number of amides is 1. The third kappa shape index (κ3) is 6.14. The van der Waals surface area contributed by atoms with Gasteiger partial charge in [-0.2, -0.15) is 5.10 Å². The molecule has 9 heteroatoms. The van der Waals surface area contributed by atoms with Gasteiger partial charge in [-0.3, -0.25) is 0 Å². The van der Waals surface area contributed by atoms with Crippen molar-refractivity contribution in [1.82, 2.24) is 15.1 Å². The van der Waals surface area contributed by atoms with Gasteiger partial charge in [-0.05, 0) is 74.4 Å². The lowest BCUT2D eigenvalue weighted by molar-refractivity contribution is 0.0523. The van der Waals surface area contributed by atoms with Gasteiger partial charge >= 0.3 is 6.09 Å². The maximum atomic E-state index is 14.2. The number of ether oxygens (including phenoxy) is 1. The number of rotatable bonds is 5. The van der Waals surface area contributed by atoms with Crippen molar-refractivity contribution in [2.24, 2.45) is 0 Å². The summed E-state index contributed by atoms with van der Waals surface area (Å²) in [7, 11) is -3.28. The third-order valence-electron chi connectivity index (χ3n) is 4.24. The van der Waals surface area contributed by atoms with E-state index < -0.39 is 27.3 Å². The standard InChI is InChI=1S/C22H24FN3O4S/c1-22(2,3)30-21(27)24-12-15-9-16(11-18(23)10-15)17-13-25-26(14-17)19-5-7-20(8-6-19)31(4,28)29/h5-11,13-14H,12H2,1-4H3,(H,24,27). The Morgan fingerprint density at radius 2 is 1.81 bits per heavy atom. The number of carbonyl (C=O) groups is 1. The quantitative estimate of drug-likeness (QED) is 0.638. The summed E-state index contributed by atoms with van der Waals surface area (Å²) in [6, 6.07) is 10.8. The van der Waals surface area contributed by atoms with E-state index in [0.29, 0.717) is 22.4 Å². The fourth-order valence-electron chi connectivity index (χ4n) is 2.87. The zero-order chi connectivity index (χ0) is 22.8. The SMILES string of the molecule is CC(C)(C)OC(=O)NCc1cc(F)cc(-c2cnn(-c3ccc(S(C)(=O)=O)cc3)c2)c1. The molecule has 3 aromatic rings. The molecule has 0 atom stereocenters. The molecule has 0 saturated heterocycles. The van der Waals surface area contributed by atoms with Crippen molar-refractivity contribution in [1.29, 1.82) is 0 Å². The summed E-state index contributed by atoms with van der Waals surface area (Å²) in [6.07, 6.45) is 3.87. The zero-order valence-electron chi connectivity index (χ0n) is 17.7. The van der Waals surface area contributed by atoms with Crippen molar-refractivity contribution in [2.75, 3.05) is 6.26 Å². The highest BCUT2D eigenvalue weighted by Gasteiger charge is 2.16. The molecule has 0 aliphatic carbocycles. The lowest BCUT2D eigenvalue weighted by Gasteiger charge is -2.19. The van der Waals surface area contributed by atoms with Crippen LogP contribution in [0.4, 0.5) is 9.18 Å². The van der Waals surface area contributed by atoms with E-state index >= 15 is 0 Å². The summed E-state index contributed by atoms with van der Waals surface area (Å²) in [5, 5.41) is 6.90. The molecule has 1 N–H and O–H groups in total. The summed E-state index contributed by atoms with van der Waals surface area (Å²) in [4.78, 5) is 12.1. The van der Waals surface area contributed by atoms with Crippen LogP contribution in [0.3, 0.4) is 0 Å². The first kappa shape index (κ1) is 22.5. The Hall–Kier alpha value is -3.20. The second-order valence-corrected chi connectivity index (χ2v) is 10.2. The molecule has 31 heavy (non-hydrogen) atoms. The predicted molar refractivity (Wildman–Crippen MR) is 115 cm³/mol. The van der Waals surface area contributed by atoms with Crippen LogP contribution in [0.2, 0.25) is 0 Å². The van der Waals surface area contributed by atoms with Crippen molar-refractivity contribution >= 4 is 15.9 Å². The van der Waals surface area contributed by atoms with Crippen molar-refractivity contribution in [3.8, 4) is 16.8 Å². The Labute approximate surface area is 180 Å². The van der Waals surface area contributed by atoms with Gasteiger partial charge in [0.05, 0.1) is 16.8 Å². The highest BCUT2D eigenvalue weighted by Crippen LogP contribution is 2.23. The van der Waals surface area contributed by atoms with Crippen LogP contribution in [0.5, 0.6) is 0 Å². The minimum absolute atomic E-state index is 0.112. The Bertz CT molecular complexity index is 1200. The van der Waals surface area contributed by atoms with Crippen LogP contribution in [0.1, 0.15) is 26.3 Å². The lowest BCUT2D eigenvalue weighted by atomic mass is 10.1. The maximum Gasteiger partial charge on any atom is 0.407 e. The second kappa shape index (κ2) is 8.50. The van der Waals surface area contributed by atoms with E-state index in [1.54, 1.807) is 56.0 Å². The summed E-state index contributed by atoms with van der Waals surface area (Å²) >= 11 is 0. The zero-order valence-corrected chi connectivity index (χ0v) is 18.5. The van der Waals surface area contributed by atoms with Crippen LogP contribution in [0, 0.1) is 5.82 Å². The predicted octanol–water partition coefficient (Wildman–Crippen LogP) is 4.11. The Morgan fingerprint density at radius 3 is 2.42 bits per heavy atom. The van der Waals surface area contributed by atoms with Crippen molar-refractivity contribution in [3.05, 3.63) is 66.2 Å². The molecule has 1 amide bonds. The highest BCUT2D eigenvalue weighted by molar-refractivity contribution is 7.90. The number of nitrogens with one attached hydrogen (secondary N) is 1.